The highest BCUT2D eigenvalue weighted by Gasteiger charge is 2.33. The monoisotopic (exact) mass is 448 g/mol. The molecule has 0 radical (unpaired) electrons. The van der Waals surface area contributed by atoms with E-state index in [-0.39, 0.29) is 38.5 Å². The minimum absolute atomic E-state index is 0.0674. The van der Waals surface area contributed by atoms with E-state index in [2.05, 4.69) is 0 Å². The summed E-state index contributed by atoms with van der Waals surface area (Å²) in [7, 11) is -4.36. The summed E-state index contributed by atoms with van der Waals surface area (Å²) in [4.78, 5) is 13.4. The van der Waals surface area contributed by atoms with Gasteiger partial charge in [-0.25, -0.2) is 21.6 Å². The van der Waals surface area contributed by atoms with Crippen molar-refractivity contribution in [3.8, 4) is 0 Å². The van der Waals surface area contributed by atoms with Crippen LogP contribution in [0.3, 0.4) is 0 Å². The molecule has 1 fully saturated rings. The van der Waals surface area contributed by atoms with E-state index in [1.807, 2.05) is 42.5 Å². The molecule has 9 heteroatoms. The number of hydrogen-bond donors (Lipinski definition) is 0. The van der Waals surface area contributed by atoms with Crippen LogP contribution in [0.1, 0.15) is 5.56 Å². The maximum Gasteiger partial charge on any atom is 0.246 e. The number of sulfonamides is 1. The third-order valence-corrected chi connectivity index (χ3v) is 7.35. The fourth-order valence-corrected chi connectivity index (χ4v) is 5.22. The Morgan fingerprint density at radius 2 is 1.52 bits per heavy atom. The zero-order valence-electron chi connectivity index (χ0n) is 16.4. The van der Waals surface area contributed by atoms with Crippen LogP contribution < -0.4 is 0 Å². The molecular formula is C22H19F3N2O3S. The fourth-order valence-electron chi connectivity index (χ4n) is 3.75. The minimum Gasteiger partial charge on any atom is -0.340 e. The highest BCUT2D eigenvalue weighted by Crippen LogP contribution is 2.24. The number of rotatable bonds is 4. The lowest BCUT2D eigenvalue weighted by Crippen LogP contribution is -2.51. The van der Waals surface area contributed by atoms with Crippen molar-refractivity contribution < 1.29 is 26.4 Å². The second kappa shape index (κ2) is 8.32. The first-order chi connectivity index (χ1) is 14.8. The summed E-state index contributed by atoms with van der Waals surface area (Å²) in [5.74, 6) is -5.17. The second-order valence-electron chi connectivity index (χ2n) is 7.27. The van der Waals surface area contributed by atoms with Crippen LogP contribution in [0.2, 0.25) is 0 Å². The second-order valence-corrected chi connectivity index (χ2v) is 9.18. The summed E-state index contributed by atoms with van der Waals surface area (Å²) in [6.07, 6.45) is 0.173. The van der Waals surface area contributed by atoms with Crippen LogP contribution in [0.5, 0.6) is 0 Å². The van der Waals surface area contributed by atoms with Gasteiger partial charge in [0.15, 0.2) is 17.5 Å². The Kier molecular flexibility index (Phi) is 5.72. The first-order valence-electron chi connectivity index (χ1n) is 9.67. The summed E-state index contributed by atoms with van der Waals surface area (Å²) in [5, 5.41) is 2.01. The lowest BCUT2D eigenvalue weighted by atomic mass is 10.0. The van der Waals surface area contributed by atoms with Gasteiger partial charge in [0.2, 0.25) is 15.9 Å². The van der Waals surface area contributed by atoms with Crippen LogP contribution in [0.25, 0.3) is 10.8 Å². The third kappa shape index (κ3) is 4.03. The van der Waals surface area contributed by atoms with E-state index in [1.54, 1.807) is 4.90 Å². The molecule has 0 bridgehead atoms. The first-order valence-corrected chi connectivity index (χ1v) is 11.1. The predicted molar refractivity (Wildman–Crippen MR) is 109 cm³/mol. The van der Waals surface area contributed by atoms with Gasteiger partial charge in [0, 0.05) is 26.2 Å². The van der Waals surface area contributed by atoms with E-state index < -0.39 is 32.4 Å². The zero-order valence-corrected chi connectivity index (χ0v) is 17.2. The molecule has 1 saturated heterocycles. The van der Waals surface area contributed by atoms with Crippen LogP contribution in [-0.4, -0.2) is 49.7 Å². The molecule has 0 aromatic heterocycles. The highest BCUT2D eigenvalue weighted by atomic mass is 32.2. The Morgan fingerprint density at radius 1 is 0.839 bits per heavy atom. The van der Waals surface area contributed by atoms with Gasteiger partial charge in [0.25, 0.3) is 0 Å². The van der Waals surface area contributed by atoms with Crippen LogP contribution >= 0.6 is 0 Å². The lowest BCUT2D eigenvalue weighted by molar-refractivity contribution is -0.131. The number of carbonyl (C=O) groups is 1. The Hall–Kier alpha value is -2.91. The number of carbonyl (C=O) groups excluding carboxylic acids is 1. The molecule has 3 aromatic rings. The van der Waals surface area contributed by atoms with Gasteiger partial charge in [0.1, 0.15) is 4.90 Å². The van der Waals surface area contributed by atoms with Gasteiger partial charge in [-0.3, -0.25) is 4.79 Å². The Bertz CT molecular complexity index is 1250. The SMILES string of the molecule is O=C(Cc1cccc2ccccc12)N1CCN(S(=O)(=O)c2ccc(F)c(F)c2F)CC1. The van der Waals surface area contributed by atoms with E-state index in [0.717, 1.165) is 20.6 Å². The van der Waals surface area contributed by atoms with Gasteiger partial charge in [-0.2, -0.15) is 4.31 Å². The number of nitrogens with zero attached hydrogens (tertiary/aromatic N) is 2. The summed E-state index contributed by atoms with van der Waals surface area (Å²) < 4.78 is 67.0. The Balaban J connectivity index is 1.46. The summed E-state index contributed by atoms with van der Waals surface area (Å²) in [6, 6.07) is 14.7. The van der Waals surface area contributed by atoms with Gasteiger partial charge in [0.05, 0.1) is 6.42 Å². The number of benzene rings is 3. The topological polar surface area (TPSA) is 57.7 Å². The average molecular weight is 448 g/mol. The molecule has 1 aliphatic rings. The van der Waals surface area contributed by atoms with Crippen LogP contribution in [0.15, 0.2) is 59.5 Å². The smallest absolute Gasteiger partial charge is 0.246 e. The molecule has 1 aliphatic heterocycles. The zero-order chi connectivity index (χ0) is 22.2. The highest BCUT2D eigenvalue weighted by molar-refractivity contribution is 7.89. The molecule has 1 amide bonds. The van der Waals surface area contributed by atoms with Gasteiger partial charge in [-0.15, -0.1) is 0 Å². The van der Waals surface area contributed by atoms with Crippen molar-refractivity contribution in [2.75, 3.05) is 26.2 Å². The number of hydrogen-bond acceptors (Lipinski definition) is 3. The lowest BCUT2D eigenvalue weighted by Gasteiger charge is -2.34. The molecule has 162 valence electrons. The molecule has 0 N–H and O–H groups in total. The maximum atomic E-state index is 14.0. The molecule has 0 saturated carbocycles. The van der Waals surface area contributed by atoms with Crippen molar-refractivity contribution in [3.63, 3.8) is 0 Å². The minimum atomic E-state index is -4.36. The van der Waals surface area contributed by atoms with Gasteiger partial charge < -0.3 is 4.90 Å². The Morgan fingerprint density at radius 3 is 2.26 bits per heavy atom. The molecule has 0 atom stereocenters. The van der Waals surface area contributed by atoms with E-state index in [0.29, 0.717) is 12.1 Å². The van der Waals surface area contributed by atoms with Crippen molar-refractivity contribution >= 4 is 26.7 Å². The number of halogens is 3. The normalized spacial score (nSPS) is 15.4. The van der Waals surface area contributed by atoms with Gasteiger partial charge in [-0.1, -0.05) is 42.5 Å². The molecular weight excluding hydrogens is 429 g/mol. The van der Waals surface area contributed by atoms with E-state index in [9.17, 15) is 26.4 Å². The number of piperazine rings is 1. The van der Waals surface area contributed by atoms with Gasteiger partial charge in [-0.05, 0) is 28.5 Å². The third-order valence-electron chi connectivity index (χ3n) is 5.43. The summed E-state index contributed by atoms with van der Waals surface area (Å²) >= 11 is 0. The molecule has 1 heterocycles. The number of fused-ring (bicyclic) bond motifs is 1. The molecule has 0 spiro atoms. The number of amides is 1. The van der Waals surface area contributed by atoms with Crippen LogP contribution in [0.4, 0.5) is 13.2 Å². The van der Waals surface area contributed by atoms with Crippen LogP contribution in [0, 0.1) is 17.5 Å². The predicted octanol–water partition coefficient (Wildman–Crippen LogP) is 3.33. The van der Waals surface area contributed by atoms with Crippen molar-refractivity contribution in [2.45, 2.75) is 11.3 Å². The average Bonchev–Trinajstić information content (AvgIpc) is 2.77. The van der Waals surface area contributed by atoms with Crippen LogP contribution in [-0.2, 0) is 21.2 Å². The Labute approximate surface area is 177 Å². The van der Waals surface area contributed by atoms with Gasteiger partial charge >= 0.3 is 0 Å². The molecule has 0 aliphatic carbocycles. The molecule has 0 unspecified atom stereocenters. The van der Waals surface area contributed by atoms with E-state index in [1.165, 1.54) is 0 Å². The van der Waals surface area contributed by atoms with Crippen molar-refractivity contribution in [1.82, 2.24) is 9.21 Å². The fraction of sp³-hybridized carbons (Fsp3) is 0.227. The van der Waals surface area contributed by atoms with Crippen molar-refractivity contribution in [3.05, 3.63) is 77.6 Å². The summed E-state index contributed by atoms with van der Waals surface area (Å²) in [5.41, 5.74) is 0.877. The standard InChI is InChI=1S/C22H19F3N2O3S/c23-18-8-9-19(22(25)21(18)24)31(29,30)27-12-10-26(11-13-27)20(28)14-16-6-3-5-15-4-1-2-7-17(15)16/h1-9H,10-14H2. The quantitative estimate of drug-likeness (QED) is 0.576. The van der Waals surface area contributed by atoms with E-state index >= 15 is 0 Å². The molecule has 4 rings (SSSR count). The molecule has 31 heavy (non-hydrogen) atoms. The molecule has 3 aromatic carbocycles. The van der Waals surface area contributed by atoms with Crippen molar-refractivity contribution in [2.24, 2.45) is 0 Å². The maximum absolute atomic E-state index is 14.0. The molecule has 5 nitrogen and oxygen atoms in total. The largest absolute Gasteiger partial charge is 0.340 e. The van der Waals surface area contributed by atoms with Crippen molar-refractivity contribution in [1.29, 1.82) is 0 Å². The first kappa shape index (κ1) is 21.3. The van der Waals surface area contributed by atoms with E-state index in [4.69, 9.17) is 0 Å². The summed E-state index contributed by atoms with van der Waals surface area (Å²) in [6.45, 7) is 0.104.